The molecule has 174 valence electrons. The molecule has 0 aliphatic rings. The van der Waals surface area contributed by atoms with Crippen molar-refractivity contribution in [2.75, 3.05) is 5.75 Å². The summed E-state index contributed by atoms with van der Waals surface area (Å²) in [7, 11) is 0. The number of aryl methyl sites for hydroxylation is 1. The van der Waals surface area contributed by atoms with Gasteiger partial charge in [0.2, 0.25) is 5.91 Å². The summed E-state index contributed by atoms with van der Waals surface area (Å²) in [6.07, 6.45) is 1.67. The van der Waals surface area contributed by atoms with Gasteiger partial charge in [-0.3, -0.25) is 9.59 Å². The molecule has 0 radical (unpaired) electrons. The fourth-order valence-electron chi connectivity index (χ4n) is 3.72. The van der Waals surface area contributed by atoms with E-state index in [1.807, 2.05) is 93.3 Å². The van der Waals surface area contributed by atoms with E-state index in [1.54, 1.807) is 12.3 Å². The van der Waals surface area contributed by atoms with Crippen LogP contribution in [0.25, 0.3) is 16.7 Å². The second-order valence-corrected chi connectivity index (χ2v) is 10.1. The van der Waals surface area contributed by atoms with Gasteiger partial charge in [-0.1, -0.05) is 54.2 Å². The normalized spacial score (nSPS) is 11.5. The van der Waals surface area contributed by atoms with Crippen LogP contribution in [-0.2, 0) is 11.3 Å². The Labute approximate surface area is 203 Å². The number of para-hydroxylation sites is 1. The molecule has 0 N–H and O–H groups in total. The van der Waals surface area contributed by atoms with Gasteiger partial charge in [-0.25, -0.2) is 14.5 Å². The number of carbonyl (C=O) groups excluding carboxylic acids is 1. The molecule has 0 atom stereocenters. The number of rotatable bonds is 6. The summed E-state index contributed by atoms with van der Waals surface area (Å²) in [4.78, 5) is 37.8. The maximum absolute atomic E-state index is 13.4. The Morgan fingerprint density at radius 3 is 2.44 bits per heavy atom. The van der Waals surface area contributed by atoms with Crippen molar-refractivity contribution in [3.8, 4) is 5.82 Å². The third-order valence-corrected chi connectivity index (χ3v) is 6.42. The van der Waals surface area contributed by atoms with Gasteiger partial charge in [-0.05, 0) is 63.1 Å². The van der Waals surface area contributed by atoms with Crippen molar-refractivity contribution < 1.29 is 4.79 Å². The Balaban J connectivity index is 1.69. The maximum atomic E-state index is 13.4. The third kappa shape index (κ3) is 5.20. The van der Waals surface area contributed by atoms with E-state index in [4.69, 9.17) is 4.98 Å². The largest absolute Gasteiger partial charge is 0.333 e. The lowest BCUT2D eigenvalue weighted by Crippen LogP contribution is -2.46. The topological polar surface area (TPSA) is 68.1 Å². The molecule has 2 aromatic carbocycles. The van der Waals surface area contributed by atoms with Crippen molar-refractivity contribution in [1.82, 2.24) is 19.4 Å². The Hall–Kier alpha value is -3.45. The summed E-state index contributed by atoms with van der Waals surface area (Å²) in [5, 5.41) is 0.964. The average Bonchev–Trinajstić information content (AvgIpc) is 2.81. The molecule has 0 aliphatic carbocycles. The van der Waals surface area contributed by atoms with Gasteiger partial charge in [-0.2, -0.15) is 0 Å². The first kappa shape index (κ1) is 23.7. The van der Waals surface area contributed by atoms with Gasteiger partial charge in [-0.15, -0.1) is 0 Å². The first-order valence-corrected chi connectivity index (χ1v) is 12.1. The number of amides is 1. The van der Waals surface area contributed by atoms with E-state index in [1.165, 1.54) is 16.3 Å². The minimum absolute atomic E-state index is 0.0208. The molecule has 7 heteroatoms. The van der Waals surface area contributed by atoms with Crippen LogP contribution in [0.15, 0.2) is 82.9 Å². The minimum Gasteiger partial charge on any atom is -0.333 e. The SMILES string of the molecule is Cc1ccnc(-n2c(SCC(=O)N(Cc3ccccc3)C(C)(C)C)nc3ccccc3c2=O)c1. The van der Waals surface area contributed by atoms with Gasteiger partial charge in [0.25, 0.3) is 5.56 Å². The summed E-state index contributed by atoms with van der Waals surface area (Å²) in [6, 6.07) is 20.9. The second kappa shape index (κ2) is 9.81. The lowest BCUT2D eigenvalue weighted by Gasteiger charge is -2.36. The van der Waals surface area contributed by atoms with E-state index in [-0.39, 0.29) is 22.8 Å². The van der Waals surface area contributed by atoms with Crippen LogP contribution in [0.1, 0.15) is 31.9 Å². The molecule has 1 amide bonds. The number of hydrogen-bond acceptors (Lipinski definition) is 5. The van der Waals surface area contributed by atoms with Gasteiger partial charge in [0, 0.05) is 18.3 Å². The van der Waals surface area contributed by atoms with Crippen LogP contribution in [0.5, 0.6) is 0 Å². The van der Waals surface area contributed by atoms with Gasteiger partial charge in [0.1, 0.15) is 5.82 Å². The highest BCUT2D eigenvalue weighted by molar-refractivity contribution is 7.99. The number of fused-ring (bicyclic) bond motifs is 1. The van der Waals surface area contributed by atoms with E-state index < -0.39 is 0 Å². The van der Waals surface area contributed by atoms with Crippen LogP contribution in [0, 0.1) is 6.92 Å². The van der Waals surface area contributed by atoms with E-state index in [9.17, 15) is 9.59 Å². The number of pyridine rings is 1. The number of carbonyl (C=O) groups is 1. The molecule has 0 bridgehead atoms. The van der Waals surface area contributed by atoms with Crippen molar-refractivity contribution in [1.29, 1.82) is 0 Å². The molecule has 4 aromatic rings. The van der Waals surface area contributed by atoms with Gasteiger partial charge in [0.05, 0.1) is 16.7 Å². The summed E-state index contributed by atoms with van der Waals surface area (Å²) in [6.45, 7) is 8.55. The summed E-state index contributed by atoms with van der Waals surface area (Å²) < 4.78 is 1.51. The number of benzene rings is 2. The highest BCUT2D eigenvalue weighted by Crippen LogP contribution is 2.24. The average molecular weight is 473 g/mol. The van der Waals surface area contributed by atoms with Crippen molar-refractivity contribution >= 4 is 28.6 Å². The van der Waals surface area contributed by atoms with E-state index in [2.05, 4.69) is 4.98 Å². The van der Waals surface area contributed by atoms with Gasteiger partial charge >= 0.3 is 0 Å². The Morgan fingerprint density at radius 1 is 1.03 bits per heavy atom. The van der Waals surface area contributed by atoms with Crippen LogP contribution < -0.4 is 5.56 Å². The molecule has 6 nitrogen and oxygen atoms in total. The number of thioether (sulfide) groups is 1. The van der Waals surface area contributed by atoms with Crippen LogP contribution in [-0.4, -0.2) is 36.6 Å². The quantitative estimate of drug-likeness (QED) is 0.292. The summed E-state index contributed by atoms with van der Waals surface area (Å²) >= 11 is 1.26. The van der Waals surface area contributed by atoms with Crippen LogP contribution >= 0.6 is 11.8 Å². The molecule has 0 unspecified atom stereocenters. The van der Waals surface area contributed by atoms with Crippen LogP contribution in [0.2, 0.25) is 0 Å². The summed E-state index contributed by atoms with van der Waals surface area (Å²) in [5.74, 6) is 0.628. The smallest absolute Gasteiger partial charge is 0.267 e. The second-order valence-electron chi connectivity index (χ2n) is 9.17. The fraction of sp³-hybridized carbons (Fsp3) is 0.259. The predicted octanol–water partition coefficient (Wildman–Crippen LogP) is 5.01. The Kier molecular flexibility index (Phi) is 6.84. The van der Waals surface area contributed by atoms with E-state index in [0.29, 0.717) is 28.4 Å². The molecule has 0 saturated carbocycles. The molecule has 0 fully saturated rings. The Morgan fingerprint density at radius 2 is 1.74 bits per heavy atom. The number of aromatic nitrogens is 3. The van der Waals surface area contributed by atoms with E-state index in [0.717, 1.165) is 11.1 Å². The lowest BCUT2D eigenvalue weighted by molar-refractivity contribution is -0.133. The summed E-state index contributed by atoms with van der Waals surface area (Å²) in [5.41, 5.74) is 2.10. The number of hydrogen-bond donors (Lipinski definition) is 0. The molecule has 4 rings (SSSR count). The molecule has 0 aliphatic heterocycles. The molecular weight excluding hydrogens is 444 g/mol. The predicted molar refractivity (Wildman–Crippen MR) is 137 cm³/mol. The van der Waals surface area contributed by atoms with Crippen molar-refractivity contribution in [2.45, 2.75) is 44.9 Å². The maximum Gasteiger partial charge on any atom is 0.267 e. The first-order valence-electron chi connectivity index (χ1n) is 11.2. The fourth-order valence-corrected chi connectivity index (χ4v) is 4.60. The highest BCUT2D eigenvalue weighted by Gasteiger charge is 2.27. The third-order valence-electron chi connectivity index (χ3n) is 5.49. The lowest BCUT2D eigenvalue weighted by atomic mass is 10.0. The zero-order valence-electron chi connectivity index (χ0n) is 19.9. The zero-order chi connectivity index (χ0) is 24.3. The molecule has 2 heterocycles. The van der Waals surface area contributed by atoms with Crippen molar-refractivity contribution in [2.24, 2.45) is 0 Å². The zero-order valence-corrected chi connectivity index (χ0v) is 20.7. The van der Waals surface area contributed by atoms with Gasteiger partial charge < -0.3 is 4.90 Å². The monoisotopic (exact) mass is 472 g/mol. The van der Waals surface area contributed by atoms with Crippen molar-refractivity contribution in [3.05, 3.63) is 94.4 Å². The van der Waals surface area contributed by atoms with Gasteiger partial charge in [0.15, 0.2) is 5.16 Å². The molecule has 34 heavy (non-hydrogen) atoms. The van der Waals surface area contributed by atoms with Crippen molar-refractivity contribution in [3.63, 3.8) is 0 Å². The first-order chi connectivity index (χ1) is 16.2. The number of nitrogens with zero attached hydrogens (tertiary/aromatic N) is 4. The molecule has 2 aromatic heterocycles. The molecule has 0 spiro atoms. The molecular formula is C27H28N4O2S. The van der Waals surface area contributed by atoms with Crippen LogP contribution in [0.4, 0.5) is 0 Å². The molecule has 0 saturated heterocycles. The highest BCUT2D eigenvalue weighted by atomic mass is 32.2. The minimum atomic E-state index is -0.359. The van der Waals surface area contributed by atoms with Crippen LogP contribution in [0.3, 0.4) is 0 Å². The van der Waals surface area contributed by atoms with E-state index >= 15 is 0 Å². The Bertz CT molecular complexity index is 1380. The standard InChI is InChI=1S/C27H28N4O2S/c1-19-14-15-28-23(16-19)31-25(33)21-12-8-9-13-22(21)29-26(31)34-18-24(32)30(27(2,3)4)17-20-10-6-5-7-11-20/h5-16H,17-18H2,1-4H3.